The first kappa shape index (κ1) is 22.9. The van der Waals surface area contributed by atoms with Crippen LogP contribution in [0, 0.1) is 0 Å². The Hall–Kier alpha value is -3.32. The summed E-state index contributed by atoms with van der Waals surface area (Å²) in [6, 6.07) is 23.7. The Kier molecular flexibility index (Phi) is 6.42. The van der Waals surface area contributed by atoms with Gasteiger partial charge in [0.25, 0.3) is 0 Å². The molecular weight excluding hydrogens is 495 g/mol. The average Bonchev–Trinajstić information content (AvgIpc) is 3.24. The third-order valence-corrected chi connectivity index (χ3v) is 5.83. The number of benzene rings is 3. The number of halogens is 4. The van der Waals surface area contributed by atoms with Crippen molar-refractivity contribution in [2.45, 2.75) is 12.6 Å². The lowest BCUT2D eigenvalue weighted by Gasteiger charge is -2.19. The van der Waals surface area contributed by atoms with Gasteiger partial charge in [0, 0.05) is 4.47 Å². The Morgan fingerprint density at radius 1 is 0.848 bits per heavy atom. The predicted molar refractivity (Wildman–Crippen MR) is 125 cm³/mol. The molecule has 0 radical (unpaired) electrons. The molecule has 0 aliphatic heterocycles. The van der Waals surface area contributed by atoms with E-state index >= 15 is 0 Å². The van der Waals surface area contributed by atoms with Gasteiger partial charge in [0.1, 0.15) is 0 Å². The molecule has 3 nitrogen and oxygen atoms in total. The second-order valence-electron chi connectivity index (χ2n) is 7.41. The highest BCUT2D eigenvalue weighted by atomic mass is 79.9. The van der Waals surface area contributed by atoms with Gasteiger partial charge in [0.2, 0.25) is 0 Å². The van der Waals surface area contributed by atoms with E-state index in [0.717, 1.165) is 27.2 Å². The summed E-state index contributed by atoms with van der Waals surface area (Å²) in [4.78, 5) is 11.6. The number of esters is 1. The lowest BCUT2D eigenvalue weighted by atomic mass is 10.1. The highest BCUT2D eigenvalue weighted by Gasteiger charge is 2.34. The topological polar surface area (TPSA) is 31.2 Å². The van der Waals surface area contributed by atoms with Crippen LogP contribution >= 0.6 is 15.9 Å². The molecule has 4 rings (SSSR count). The van der Waals surface area contributed by atoms with Crippen LogP contribution in [0.1, 0.15) is 11.1 Å². The zero-order valence-electron chi connectivity index (χ0n) is 17.6. The molecule has 0 fully saturated rings. The molecule has 3 aromatic carbocycles. The van der Waals surface area contributed by atoms with E-state index in [0.29, 0.717) is 11.4 Å². The second-order valence-corrected chi connectivity index (χ2v) is 8.33. The molecule has 4 aromatic rings. The van der Waals surface area contributed by atoms with Crippen LogP contribution in [0.15, 0.2) is 89.4 Å². The van der Waals surface area contributed by atoms with Crippen LogP contribution in [0.4, 0.5) is 13.2 Å². The summed E-state index contributed by atoms with van der Waals surface area (Å²) in [5.74, 6) is -0.359. The van der Waals surface area contributed by atoms with Crippen molar-refractivity contribution in [3.8, 4) is 28.2 Å². The number of nitrogens with zero attached hydrogens (tertiary/aromatic N) is 1. The lowest BCUT2D eigenvalue weighted by molar-refractivity contribution is -0.140. The first-order chi connectivity index (χ1) is 15.8. The molecular formula is C26H19BrF3NO2. The third kappa shape index (κ3) is 4.88. The molecule has 0 aliphatic rings. The summed E-state index contributed by atoms with van der Waals surface area (Å²) in [7, 11) is 1.32. The van der Waals surface area contributed by atoms with Gasteiger partial charge in [-0.3, -0.25) is 4.79 Å². The monoisotopic (exact) mass is 513 g/mol. The molecule has 0 N–H and O–H groups in total. The van der Waals surface area contributed by atoms with Crippen LogP contribution in [0.25, 0.3) is 28.2 Å². The highest BCUT2D eigenvalue weighted by Crippen LogP contribution is 2.39. The van der Waals surface area contributed by atoms with Gasteiger partial charge in [0.15, 0.2) is 0 Å². The number of hydrogen-bond acceptors (Lipinski definition) is 2. The van der Waals surface area contributed by atoms with Crippen molar-refractivity contribution in [1.82, 2.24) is 4.57 Å². The van der Waals surface area contributed by atoms with E-state index in [1.54, 1.807) is 41.0 Å². The minimum absolute atomic E-state index is 0.0431. The number of aromatic nitrogens is 1. The van der Waals surface area contributed by atoms with Crippen LogP contribution in [-0.4, -0.2) is 17.6 Å². The number of carbonyl (C=O) groups excluding carboxylic acids is 1. The molecule has 7 heteroatoms. The molecule has 0 amide bonds. The number of para-hydroxylation sites is 1. The molecule has 0 saturated heterocycles. The van der Waals surface area contributed by atoms with Crippen molar-refractivity contribution in [2.75, 3.05) is 7.11 Å². The molecule has 1 heterocycles. The van der Waals surface area contributed by atoms with Crippen LogP contribution in [0.3, 0.4) is 0 Å². The van der Waals surface area contributed by atoms with E-state index in [2.05, 4.69) is 15.9 Å². The van der Waals surface area contributed by atoms with Gasteiger partial charge in [-0.1, -0.05) is 64.5 Å². The first-order valence-electron chi connectivity index (χ1n) is 10.1. The average molecular weight is 514 g/mol. The molecule has 0 atom stereocenters. The fourth-order valence-electron chi connectivity index (χ4n) is 3.71. The van der Waals surface area contributed by atoms with Gasteiger partial charge < -0.3 is 9.30 Å². The number of methoxy groups -OCH3 is 1. The zero-order chi connectivity index (χ0) is 23.6. The maximum absolute atomic E-state index is 13.9. The van der Waals surface area contributed by atoms with Crippen molar-refractivity contribution in [2.24, 2.45) is 0 Å². The first-order valence-corrected chi connectivity index (χ1v) is 10.9. The second kappa shape index (κ2) is 9.27. The van der Waals surface area contributed by atoms with Crippen LogP contribution in [-0.2, 0) is 22.1 Å². The summed E-state index contributed by atoms with van der Waals surface area (Å²) in [5.41, 5.74) is 2.83. The largest absolute Gasteiger partial charge is 0.469 e. The van der Waals surface area contributed by atoms with Crippen LogP contribution in [0.2, 0.25) is 0 Å². The van der Waals surface area contributed by atoms with E-state index in [9.17, 15) is 18.0 Å². The molecule has 0 bridgehead atoms. The van der Waals surface area contributed by atoms with Gasteiger partial charge in [-0.15, -0.1) is 0 Å². The zero-order valence-corrected chi connectivity index (χ0v) is 19.2. The molecule has 0 unspecified atom stereocenters. The predicted octanol–water partition coefficient (Wildman–Crippen LogP) is 7.31. The molecule has 33 heavy (non-hydrogen) atoms. The Morgan fingerprint density at radius 2 is 1.39 bits per heavy atom. The lowest BCUT2D eigenvalue weighted by Crippen LogP contribution is -2.12. The Balaban J connectivity index is 1.90. The molecule has 0 spiro atoms. The number of hydrogen-bond donors (Lipinski definition) is 0. The minimum atomic E-state index is -4.51. The van der Waals surface area contributed by atoms with Crippen molar-refractivity contribution in [3.05, 3.63) is 101 Å². The Labute approximate surface area is 197 Å². The van der Waals surface area contributed by atoms with E-state index in [1.807, 2.05) is 30.3 Å². The fourth-order valence-corrected chi connectivity index (χ4v) is 3.97. The van der Waals surface area contributed by atoms with Gasteiger partial charge >= 0.3 is 12.1 Å². The smallest absolute Gasteiger partial charge is 0.418 e. The SMILES string of the molecule is COC(=O)Cc1ccc(-c2ccc(-c3ccc(Br)cc3)n2-c2ccccc2C(F)(F)F)cc1. The van der Waals surface area contributed by atoms with Crippen LogP contribution in [0.5, 0.6) is 0 Å². The number of rotatable bonds is 5. The van der Waals surface area contributed by atoms with Crippen molar-refractivity contribution in [3.63, 3.8) is 0 Å². The van der Waals surface area contributed by atoms with Gasteiger partial charge in [0.05, 0.1) is 36.2 Å². The van der Waals surface area contributed by atoms with Gasteiger partial charge in [-0.25, -0.2) is 0 Å². The van der Waals surface area contributed by atoms with E-state index in [-0.39, 0.29) is 18.1 Å². The normalized spacial score (nSPS) is 11.4. The van der Waals surface area contributed by atoms with Crippen molar-refractivity contribution >= 4 is 21.9 Å². The molecule has 1 aromatic heterocycles. The summed E-state index contributed by atoms with van der Waals surface area (Å²) < 4.78 is 48.9. The Morgan fingerprint density at radius 3 is 1.94 bits per heavy atom. The maximum atomic E-state index is 13.9. The molecule has 0 aliphatic carbocycles. The van der Waals surface area contributed by atoms with E-state index in [1.165, 1.54) is 19.2 Å². The summed E-state index contributed by atoms with van der Waals surface area (Å²) in [5, 5.41) is 0. The quantitative estimate of drug-likeness (QED) is 0.262. The third-order valence-electron chi connectivity index (χ3n) is 5.30. The van der Waals surface area contributed by atoms with Gasteiger partial charge in [-0.05, 0) is 53.1 Å². The highest BCUT2D eigenvalue weighted by molar-refractivity contribution is 9.10. The fraction of sp³-hybridized carbons (Fsp3) is 0.115. The summed E-state index contributed by atoms with van der Waals surface area (Å²) in [6.07, 6.45) is -4.39. The molecule has 168 valence electrons. The summed E-state index contributed by atoms with van der Waals surface area (Å²) >= 11 is 3.40. The van der Waals surface area contributed by atoms with E-state index < -0.39 is 11.7 Å². The van der Waals surface area contributed by atoms with Crippen molar-refractivity contribution < 1.29 is 22.7 Å². The standard InChI is InChI=1S/C26H19BrF3NO2/c1-33-25(32)16-17-6-8-18(9-7-17)22-14-15-23(19-10-12-20(27)13-11-19)31(22)24-5-3-2-4-21(24)26(28,29)30/h2-15H,16H2,1H3. The summed E-state index contributed by atoms with van der Waals surface area (Å²) in [6.45, 7) is 0. The van der Waals surface area contributed by atoms with Crippen LogP contribution < -0.4 is 0 Å². The van der Waals surface area contributed by atoms with Gasteiger partial charge in [-0.2, -0.15) is 13.2 Å². The van der Waals surface area contributed by atoms with Crippen molar-refractivity contribution in [1.29, 1.82) is 0 Å². The van der Waals surface area contributed by atoms with E-state index in [4.69, 9.17) is 4.74 Å². The number of alkyl halides is 3. The Bertz CT molecular complexity index is 1280. The number of carbonyl (C=O) groups is 1. The maximum Gasteiger partial charge on any atom is 0.418 e. The minimum Gasteiger partial charge on any atom is -0.469 e. The molecule has 0 saturated carbocycles. The number of ether oxygens (including phenoxy) is 1.